The summed E-state index contributed by atoms with van der Waals surface area (Å²) in [7, 11) is 0. The standard InChI is InChI=1S/C18H26N2O3/c1-4-15(20-10-6-5-7-11-20)17(21)19-16-13(3)12(2)8-9-14(16)18(22)23/h8-9,15H,4-7,10-11H2,1-3H3,(H,19,21)(H,22,23). The number of aryl methyl sites for hydroxylation is 1. The topological polar surface area (TPSA) is 69.6 Å². The maximum Gasteiger partial charge on any atom is 0.337 e. The average molecular weight is 318 g/mol. The third-order valence-electron chi connectivity index (χ3n) is 4.74. The molecule has 0 radical (unpaired) electrons. The molecule has 1 aliphatic heterocycles. The minimum Gasteiger partial charge on any atom is -0.478 e. The number of carboxylic acid groups (broad SMARTS) is 1. The van der Waals surface area contributed by atoms with Gasteiger partial charge < -0.3 is 10.4 Å². The molecule has 5 nitrogen and oxygen atoms in total. The van der Waals surface area contributed by atoms with E-state index in [1.807, 2.05) is 20.8 Å². The second kappa shape index (κ2) is 7.59. The summed E-state index contributed by atoms with van der Waals surface area (Å²) in [6, 6.07) is 3.13. The zero-order chi connectivity index (χ0) is 17.0. The fourth-order valence-electron chi connectivity index (χ4n) is 3.20. The molecule has 23 heavy (non-hydrogen) atoms. The van der Waals surface area contributed by atoms with Crippen LogP contribution in [0.5, 0.6) is 0 Å². The molecule has 1 heterocycles. The van der Waals surface area contributed by atoms with E-state index in [2.05, 4.69) is 10.2 Å². The Morgan fingerprint density at radius 3 is 2.43 bits per heavy atom. The fourth-order valence-corrected chi connectivity index (χ4v) is 3.20. The van der Waals surface area contributed by atoms with Crippen molar-refractivity contribution >= 4 is 17.6 Å². The summed E-state index contributed by atoms with van der Waals surface area (Å²) in [4.78, 5) is 26.4. The van der Waals surface area contributed by atoms with Gasteiger partial charge in [0, 0.05) is 0 Å². The molecule has 1 fully saturated rings. The third kappa shape index (κ3) is 3.91. The second-order valence-electron chi connectivity index (χ2n) is 6.25. The highest BCUT2D eigenvalue weighted by molar-refractivity contribution is 6.03. The van der Waals surface area contributed by atoms with Gasteiger partial charge in [0.25, 0.3) is 0 Å². The predicted molar refractivity (Wildman–Crippen MR) is 91.0 cm³/mol. The Morgan fingerprint density at radius 1 is 1.22 bits per heavy atom. The van der Waals surface area contributed by atoms with Crippen LogP contribution < -0.4 is 5.32 Å². The molecule has 2 rings (SSSR count). The first-order valence-corrected chi connectivity index (χ1v) is 8.34. The first kappa shape index (κ1) is 17.5. The van der Waals surface area contributed by atoms with Crippen LogP contribution in [0.2, 0.25) is 0 Å². The number of aromatic carboxylic acids is 1. The van der Waals surface area contributed by atoms with E-state index in [9.17, 15) is 14.7 Å². The minimum absolute atomic E-state index is 0.106. The Labute approximate surface area is 137 Å². The van der Waals surface area contributed by atoms with Gasteiger partial charge in [0.1, 0.15) is 0 Å². The number of hydrogen-bond acceptors (Lipinski definition) is 3. The summed E-state index contributed by atoms with van der Waals surface area (Å²) in [6.07, 6.45) is 4.18. The lowest BCUT2D eigenvalue weighted by Gasteiger charge is -2.33. The van der Waals surface area contributed by atoms with Crippen molar-refractivity contribution in [3.05, 3.63) is 28.8 Å². The summed E-state index contributed by atoms with van der Waals surface area (Å²) in [5.74, 6) is -1.12. The molecule has 0 spiro atoms. The number of carboxylic acids is 1. The van der Waals surface area contributed by atoms with E-state index < -0.39 is 5.97 Å². The molecular weight excluding hydrogens is 292 g/mol. The normalized spacial score (nSPS) is 16.8. The summed E-state index contributed by atoms with van der Waals surface area (Å²) in [6.45, 7) is 7.63. The molecule has 0 aromatic heterocycles. The predicted octanol–water partition coefficient (Wildman–Crippen LogP) is 3.20. The summed E-state index contributed by atoms with van der Waals surface area (Å²) in [5.41, 5.74) is 2.36. The lowest BCUT2D eigenvalue weighted by molar-refractivity contribution is -0.121. The number of benzene rings is 1. The first-order valence-electron chi connectivity index (χ1n) is 8.34. The van der Waals surface area contributed by atoms with E-state index in [-0.39, 0.29) is 17.5 Å². The Morgan fingerprint density at radius 2 is 1.87 bits per heavy atom. The quantitative estimate of drug-likeness (QED) is 0.874. The van der Waals surface area contributed by atoms with E-state index in [4.69, 9.17) is 0 Å². The van der Waals surface area contributed by atoms with Gasteiger partial charge >= 0.3 is 5.97 Å². The molecule has 1 aromatic rings. The van der Waals surface area contributed by atoms with Crippen LogP contribution in [0.15, 0.2) is 12.1 Å². The Hall–Kier alpha value is -1.88. The molecule has 2 N–H and O–H groups in total. The summed E-state index contributed by atoms with van der Waals surface area (Å²) >= 11 is 0. The van der Waals surface area contributed by atoms with Crippen molar-refractivity contribution in [3.8, 4) is 0 Å². The summed E-state index contributed by atoms with van der Waals surface area (Å²) in [5, 5.41) is 12.3. The molecule has 126 valence electrons. The summed E-state index contributed by atoms with van der Waals surface area (Å²) < 4.78 is 0. The van der Waals surface area contributed by atoms with E-state index in [1.54, 1.807) is 12.1 Å². The molecule has 5 heteroatoms. The minimum atomic E-state index is -1.02. The van der Waals surface area contributed by atoms with Crippen LogP contribution in [0.25, 0.3) is 0 Å². The van der Waals surface area contributed by atoms with Gasteiger partial charge in [0.2, 0.25) is 5.91 Å². The fraction of sp³-hybridized carbons (Fsp3) is 0.556. The molecule has 1 atom stereocenters. The van der Waals surface area contributed by atoms with Crippen LogP contribution >= 0.6 is 0 Å². The highest BCUT2D eigenvalue weighted by Crippen LogP contribution is 2.25. The number of carbonyl (C=O) groups is 2. The first-order chi connectivity index (χ1) is 11.0. The smallest absolute Gasteiger partial charge is 0.337 e. The molecule has 1 saturated heterocycles. The maximum atomic E-state index is 12.7. The third-order valence-corrected chi connectivity index (χ3v) is 4.74. The Bertz CT molecular complexity index is 592. The number of hydrogen-bond donors (Lipinski definition) is 2. The van der Waals surface area contributed by atoms with Crippen molar-refractivity contribution in [1.82, 2.24) is 4.90 Å². The molecule has 0 bridgehead atoms. The molecule has 0 saturated carbocycles. The zero-order valence-corrected chi connectivity index (χ0v) is 14.2. The molecule has 1 aromatic carbocycles. The van der Waals surface area contributed by atoms with Gasteiger partial charge in [-0.25, -0.2) is 4.79 Å². The monoisotopic (exact) mass is 318 g/mol. The van der Waals surface area contributed by atoms with E-state index >= 15 is 0 Å². The van der Waals surface area contributed by atoms with E-state index in [0.717, 1.165) is 43.5 Å². The van der Waals surface area contributed by atoms with E-state index in [1.165, 1.54) is 6.42 Å². The van der Waals surface area contributed by atoms with Crippen molar-refractivity contribution < 1.29 is 14.7 Å². The Balaban J connectivity index is 2.24. The SMILES string of the molecule is CCC(C(=O)Nc1c(C(=O)O)ccc(C)c1C)N1CCCCC1. The number of nitrogens with one attached hydrogen (secondary N) is 1. The van der Waals surface area contributed by atoms with Gasteiger partial charge in [-0.15, -0.1) is 0 Å². The van der Waals surface area contributed by atoms with Crippen LogP contribution in [-0.4, -0.2) is 41.0 Å². The van der Waals surface area contributed by atoms with Crippen molar-refractivity contribution in [1.29, 1.82) is 0 Å². The van der Waals surface area contributed by atoms with E-state index in [0.29, 0.717) is 5.69 Å². The van der Waals surface area contributed by atoms with Crippen molar-refractivity contribution in [2.45, 2.75) is 52.5 Å². The largest absolute Gasteiger partial charge is 0.478 e. The Kier molecular flexibility index (Phi) is 5.77. The van der Waals surface area contributed by atoms with Crippen LogP contribution in [0.1, 0.15) is 54.1 Å². The van der Waals surface area contributed by atoms with Crippen LogP contribution in [0.4, 0.5) is 5.69 Å². The number of likely N-dealkylation sites (tertiary alicyclic amines) is 1. The zero-order valence-electron chi connectivity index (χ0n) is 14.2. The lowest BCUT2D eigenvalue weighted by atomic mass is 10.0. The second-order valence-corrected chi connectivity index (χ2v) is 6.25. The van der Waals surface area contributed by atoms with Gasteiger partial charge in [0.05, 0.1) is 17.3 Å². The number of piperidine rings is 1. The van der Waals surface area contributed by atoms with Gasteiger partial charge in [-0.2, -0.15) is 0 Å². The van der Waals surface area contributed by atoms with Crippen molar-refractivity contribution in [2.75, 3.05) is 18.4 Å². The number of nitrogens with zero attached hydrogens (tertiary/aromatic N) is 1. The maximum absolute atomic E-state index is 12.7. The van der Waals surface area contributed by atoms with Gasteiger partial charge in [-0.3, -0.25) is 9.69 Å². The number of carbonyl (C=O) groups excluding carboxylic acids is 1. The van der Waals surface area contributed by atoms with Crippen LogP contribution in [0.3, 0.4) is 0 Å². The van der Waals surface area contributed by atoms with Gasteiger partial charge in [-0.05, 0) is 63.4 Å². The van der Waals surface area contributed by atoms with Crippen molar-refractivity contribution in [2.24, 2.45) is 0 Å². The molecule has 1 aliphatic rings. The molecule has 0 aliphatic carbocycles. The van der Waals surface area contributed by atoms with Gasteiger partial charge in [0.15, 0.2) is 0 Å². The number of amides is 1. The highest BCUT2D eigenvalue weighted by Gasteiger charge is 2.27. The number of anilines is 1. The van der Waals surface area contributed by atoms with Crippen LogP contribution in [0, 0.1) is 13.8 Å². The number of rotatable bonds is 5. The van der Waals surface area contributed by atoms with Crippen LogP contribution in [-0.2, 0) is 4.79 Å². The molecule has 1 amide bonds. The molecule has 1 unspecified atom stereocenters. The molecular formula is C18H26N2O3. The average Bonchev–Trinajstić information content (AvgIpc) is 2.53. The van der Waals surface area contributed by atoms with Crippen molar-refractivity contribution in [3.63, 3.8) is 0 Å². The van der Waals surface area contributed by atoms with Gasteiger partial charge in [-0.1, -0.05) is 19.4 Å². The lowest BCUT2D eigenvalue weighted by Crippen LogP contribution is -2.46. The highest BCUT2D eigenvalue weighted by atomic mass is 16.4.